The molecule has 0 amide bonds. The molecule has 0 unspecified atom stereocenters. The van der Waals surface area contributed by atoms with Crippen LogP contribution in [0, 0.1) is 0 Å². The Bertz CT molecular complexity index is 702. The Morgan fingerprint density at radius 1 is 0.793 bits per heavy atom. The van der Waals surface area contributed by atoms with E-state index >= 15 is 0 Å². The molecule has 0 aliphatic carbocycles. The normalized spacial score (nSPS) is 11.7. The van der Waals surface area contributed by atoms with Crippen LogP contribution in [0.25, 0.3) is 0 Å². The first kappa shape index (κ1) is 24.0. The van der Waals surface area contributed by atoms with Crippen LogP contribution in [-0.4, -0.2) is 23.4 Å². The number of halogens is 1. The van der Waals surface area contributed by atoms with E-state index in [0.29, 0.717) is 12.8 Å². The molecule has 5 nitrogen and oxygen atoms in total. The maximum atomic E-state index is 11.9. The molecule has 0 aliphatic heterocycles. The molecule has 29 heavy (non-hydrogen) atoms. The summed E-state index contributed by atoms with van der Waals surface area (Å²) in [4.78, 5) is 26.1. The van der Waals surface area contributed by atoms with E-state index in [9.17, 15) is 9.59 Å². The van der Waals surface area contributed by atoms with E-state index in [0.717, 1.165) is 21.3 Å². The van der Waals surface area contributed by atoms with Gasteiger partial charge in [-0.05, 0) is 0 Å². The van der Waals surface area contributed by atoms with E-state index in [4.69, 9.17) is 25.8 Å². The topological polar surface area (TPSA) is 78.6 Å². The number of carbonyl (C=O) groups is 2. The van der Waals surface area contributed by atoms with Crippen LogP contribution >= 0.6 is 42.0 Å². The molecular formula is C20H25ClNO4PS2. The predicted molar refractivity (Wildman–Crippen MR) is 123 cm³/mol. The van der Waals surface area contributed by atoms with Crippen molar-refractivity contribution in [2.75, 3.05) is 11.5 Å². The molecule has 2 rings (SSSR count). The van der Waals surface area contributed by atoms with E-state index in [1.807, 2.05) is 60.7 Å². The standard InChI is InChI=1S/C20H25ClNO4PS2/c21-27(22,25-19(23)13-7-15-28-17-9-3-1-4-10-17)26-20(24)14-8-16-29-18-11-5-2-6-12-18/h1-6,9-12,27H,7-8,13-16,22H2. The molecule has 158 valence electrons. The fourth-order valence-electron chi connectivity index (χ4n) is 2.28. The second-order valence-corrected chi connectivity index (χ2v) is 11.6. The summed E-state index contributed by atoms with van der Waals surface area (Å²) >= 11 is 9.27. The Morgan fingerprint density at radius 2 is 1.17 bits per heavy atom. The first-order chi connectivity index (χ1) is 13.9. The van der Waals surface area contributed by atoms with Crippen molar-refractivity contribution in [3.63, 3.8) is 0 Å². The third kappa shape index (κ3) is 10.9. The molecule has 0 bridgehead atoms. The van der Waals surface area contributed by atoms with Gasteiger partial charge in [0, 0.05) is 0 Å². The SMILES string of the molecule is N[PH](Cl)(OC(=O)CCCSc1ccccc1)OC(=O)CCCSc1ccccc1. The van der Waals surface area contributed by atoms with Crippen LogP contribution in [0.4, 0.5) is 0 Å². The van der Waals surface area contributed by atoms with E-state index < -0.39 is 19.2 Å². The van der Waals surface area contributed by atoms with Crippen LogP contribution in [0.2, 0.25) is 0 Å². The third-order valence-corrected chi connectivity index (χ3v) is 7.25. The van der Waals surface area contributed by atoms with E-state index in [1.54, 1.807) is 23.5 Å². The Hall–Kier alpha value is -1.24. The first-order valence-electron chi connectivity index (χ1n) is 9.22. The zero-order valence-corrected chi connectivity index (χ0v) is 19.3. The van der Waals surface area contributed by atoms with Gasteiger partial charge in [0.25, 0.3) is 0 Å². The molecule has 0 radical (unpaired) electrons. The van der Waals surface area contributed by atoms with Crippen LogP contribution in [-0.2, 0) is 18.6 Å². The molecule has 0 saturated heterocycles. The fourth-order valence-corrected chi connectivity index (χ4v) is 5.41. The van der Waals surface area contributed by atoms with E-state index in [1.165, 1.54) is 0 Å². The van der Waals surface area contributed by atoms with Gasteiger partial charge in [-0.3, -0.25) is 0 Å². The van der Waals surface area contributed by atoms with Gasteiger partial charge in [-0.2, -0.15) is 0 Å². The summed E-state index contributed by atoms with van der Waals surface area (Å²) < 4.78 is 10.0. The second-order valence-electron chi connectivity index (χ2n) is 6.06. The summed E-state index contributed by atoms with van der Waals surface area (Å²) in [5, 5.41) is 0. The average molecular weight is 474 g/mol. The van der Waals surface area contributed by atoms with Gasteiger partial charge in [0.2, 0.25) is 0 Å². The Morgan fingerprint density at radius 3 is 1.55 bits per heavy atom. The van der Waals surface area contributed by atoms with Crippen molar-refractivity contribution < 1.29 is 18.6 Å². The maximum absolute atomic E-state index is 11.9. The molecule has 0 fully saturated rings. The number of thioether (sulfide) groups is 2. The van der Waals surface area contributed by atoms with E-state index in [-0.39, 0.29) is 12.8 Å². The van der Waals surface area contributed by atoms with Crippen molar-refractivity contribution in [3.8, 4) is 0 Å². The number of nitrogens with two attached hydrogens (primary N) is 1. The Labute approximate surface area is 185 Å². The molecular weight excluding hydrogens is 449 g/mol. The van der Waals surface area contributed by atoms with Gasteiger partial charge in [-0.1, -0.05) is 0 Å². The van der Waals surface area contributed by atoms with Crippen molar-refractivity contribution in [1.82, 2.24) is 0 Å². The van der Waals surface area contributed by atoms with E-state index in [2.05, 4.69) is 0 Å². The molecule has 0 saturated carbocycles. The van der Waals surface area contributed by atoms with Crippen molar-refractivity contribution in [2.45, 2.75) is 35.5 Å². The number of hydrogen-bond donors (Lipinski definition) is 1. The second kappa shape index (κ2) is 13.1. The summed E-state index contributed by atoms with van der Waals surface area (Å²) in [5.41, 5.74) is 5.72. The van der Waals surface area contributed by atoms with Gasteiger partial charge in [-0.15, -0.1) is 0 Å². The summed E-state index contributed by atoms with van der Waals surface area (Å²) in [5.74, 6) is 0.434. The van der Waals surface area contributed by atoms with Gasteiger partial charge < -0.3 is 0 Å². The molecule has 2 aromatic carbocycles. The summed E-state index contributed by atoms with van der Waals surface area (Å²) in [7, 11) is -3.82. The Kier molecular flexibility index (Phi) is 10.9. The van der Waals surface area contributed by atoms with Crippen LogP contribution in [0.3, 0.4) is 0 Å². The minimum absolute atomic E-state index is 0.170. The summed E-state index contributed by atoms with van der Waals surface area (Å²) in [6.07, 6.45) is 1.57. The fraction of sp³-hybridized carbons (Fsp3) is 0.300. The molecule has 0 aliphatic rings. The number of rotatable bonds is 12. The van der Waals surface area contributed by atoms with Crippen molar-refractivity contribution in [2.24, 2.45) is 5.50 Å². The summed E-state index contributed by atoms with van der Waals surface area (Å²) in [6, 6.07) is 19.8. The van der Waals surface area contributed by atoms with Crippen LogP contribution in [0.1, 0.15) is 25.7 Å². The van der Waals surface area contributed by atoms with Gasteiger partial charge in [-0.25, -0.2) is 0 Å². The predicted octanol–water partition coefficient (Wildman–Crippen LogP) is 5.83. The zero-order chi connectivity index (χ0) is 21.0. The summed E-state index contributed by atoms with van der Waals surface area (Å²) in [6.45, 7) is 0. The van der Waals surface area contributed by atoms with Crippen molar-refractivity contribution in [3.05, 3.63) is 60.7 Å². The monoisotopic (exact) mass is 473 g/mol. The molecule has 0 aromatic heterocycles. The molecule has 0 heterocycles. The van der Waals surface area contributed by atoms with Crippen molar-refractivity contribution in [1.29, 1.82) is 0 Å². The van der Waals surface area contributed by atoms with Crippen LogP contribution < -0.4 is 5.50 Å². The van der Waals surface area contributed by atoms with Crippen LogP contribution in [0.5, 0.6) is 0 Å². The molecule has 9 heteroatoms. The number of hydrogen-bond acceptors (Lipinski definition) is 7. The third-order valence-electron chi connectivity index (χ3n) is 3.58. The average Bonchev–Trinajstić information content (AvgIpc) is 2.69. The quantitative estimate of drug-likeness (QED) is 0.236. The number of benzene rings is 2. The van der Waals surface area contributed by atoms with Gasteiger partial charge in [0.1, 0.15) is 0 Å². The number of carbonyl (C=O) groups excluding carboxylic acids is 2. The van der Waals surface area contributed by atoms with Gasteiger partial charge in [0.15, 0.2) is 0 Å². The molecule has 2 aromatic rings. The molecule has 2 N–H and O–H groups in total. The van der Waals surface area contributed by atoms with Gasteiger partial charge >= 0.3 is 186 Å². The minimum atomic E-state index is -3.82. The molecule has 0 atom stereocenters. The van der Waals surface area contributed by atoms with Gasteiger partial charge in [0.05, 0.1) is 0 Å². The Balaban J connectivity index is 1.58. The zero-order valence-electron chi connectivity index (χ0n) is 15.9. The van der Waals surface area contributed by atoms with Crippen molar-refractivity contribution >= 4 is 53.9 Å². The molecule has 0 spiro atoms. The van der Waals surface area contributed by atoms with Crippen LogP contribution in [0.15, 0.2) is 70.5 Å². The first-order valence-corrected chi connectivity index (χ1v) is 14.1.